The van der Waals surface area contributed by atoms with Crippen LogP contribution in [0.5, 0.6) is 0 Å². The second-order valence-corrected chi connectivity index (χ2v) is 8.67. The van der Waals surface area contributed by atoms with Crippen molar-refractivity contribution in [3.8, 4) is 22.4 Å². The van der Waals surface area contributed by atoms with Crippen LogP contribution in [0.15, 0.2) is 120 Å². The molecule has 0 saturated carbocycles. The fourth-order valence-electron chi connectivity index (χ4n) is 4.47. The smallest absolute Gasteiger partial charge is 0.243 e. The van der Waals surface area contributed by atoms with Crippen LogP contribution in [-0.4, -0.2) is 21.8 Å². The summed E-state index contributed by atoms with van der Waals surface area (Å²) in [6.07, 6.45) is -0.644. The average molecular weight is 470 g/mol. The van der Waals surface area contributed by atoms with E-state index in [-0.39, 0.29) is 5.91 Å². The number of aromatic nitrogens is 1. The molecule has 0 unspecified atom stereocenters. The molecule has 1 amide bonds. The maximum Gasteiger partial charge on any atom is 0.243 e. The monoisotopic (exact) mass is 469 g/mol. The molecule has 0 radical (unpaired) electrons. The fourth-order valence-corrected chi connectivity index (χ4v) is 4.47. The van der Waals surface area contributed by atoms with Gasteiger partial charge in [0.05, 0.1) is 11.2 Å². The zero-order chi connectivity index (χ0) is 24.5. The Morgan fingerprint density at radius 3 is 2.06 bits per heavy atom. The van der Waals surface area contributed by atoms with Crippen LogP contribution in [0.2, 0.25) is 0 Å². The second-order valence-electron chi connectivity index (χ2n) is 8.67. The number of fused-ring (bicyclic) bond motifs is 1. The molecule has 0 fully saturated rings. The quantitative estimate of drug-likeness (QED) is 0.291. The molecule has 5 nitrogen and oxygen atoms in total. The number of hydrazone groups is 1. The summed E-state index contributed by atoms with van der Waals surface area (Å²) < 4.78 is 6.38. The number of amides is 1. The molecule has 5 aromatic rings. The molecule has 0 N–H and O–H groups in total. The molecule has 1 aliphatic rings. The predicted octanol–water partition coefficient (Wildman–Crippen LogP) is 6.81. The number of carbonyl (C=O) groups is 1. The summed E-state index contributed by atoms with van der Waals surface area (Å²) >= 11 is 0. The Morgan fingerprint density at radius 2 is 1.36 bits per heavy atom. The molecular weight excluding hydrogens is 446 g/mol. The molecule has 36 heavy (non-hydrogen) atoms. The van der Waals surface area contributed by atoms with Crippen LogP contribution in [0.4, 0.5) is 0 Å². The van der Waals surface area contributed by atoms with Gasteiger partial charge in [-0.05, 0) is 23.3 Å². The van der Waals surface area contributed by atoms with E-state index < -0.39 is 6.23 Å². The lowest BCUT2D eigenvalue weighted by Crippen LogP contribution is -2.25. The molecule has 174 valence electrons. The third-order valence-corrected chi connectivity index (χ3v) is 6.29. The molecule has 2 heterocycles. The number of ether oxygens (including phenoxy) is 1. The summed E-state index contributed by atoms with van der Waals surface area (Å²) in [7, 11) is 0. The van der Waals surface area contributed by atoms with Crippen LogP contribution in [0.25, 0.3) is 33.3 Å². The molecule has 0 aliphatic carbocycles. The highest BCUT2D eigenvalue weighted by atomic mass is 16.5. The van der Waals surface area contributed by atoms with E-state index in [0.717, 1.165) is 44.4 Å². The zero-order valence-corrected chi connectivity index (χ0v) is 19.7. The minimum absolute atomic E-state index is 0.191. The van der Waals surface area contributed by atoms with Crippen molar-refractivity contribution >= 4 is 22.7 Å². The van der Waals surface area contributed by atoms with Gasteiger partial charge in [-0.15, -0.1) is 5.10 Å². The lowest BCUT2D eigenvalue weighted by Gasteiger charge is -2.19. The highest BCUT2D eigenvalue weighted by Crippen LogP contribution is 2.34. The first-order valence-electron chi connectivity index (χ1n) is 11.8. The maximum absolute atomic E-state index is 12.6. The van der Waals surface area contributed by atoms with Gasteiger partial charge in [0.25, 0.3) is 0 Å². The van der Waals surface area contributed by atoms with E-state index in [4.69, 9.17) is 9.72 Å². The number of carbonyl (C=O) groups excluding carboxylic acids is 1. The highest BCUT2D eigenvalue weighted by molar-refractivity contribution is 6.08. The van der Waals surface area contributed by atoms with Crippen LogP contribution in [0.1, 0.15) is 24.3 Å². The Hall–Kier alpha value is -4.77. The molecule has 4 aromatic carbocycles. The number of para-hydroxylation sites is 1. The van der Waals surface area contributed by atoms with E-state index in [0.29, 0.717) is 5.90 Å². The minimum atomic E-state index is -0.644. The lowest BCUT2D eigenvalue weighted by molar-refractivity contribution is -0.135. The molecule has 6 rings (SSSR count). The van der Waals surface area contributed by atoms with E-state index >= 15 is 0 Å². The van der Waals surface area contributed by atoms with Crippen LogP contribution in [0, 0.1) is 0 Å². The van der Waals surface area contributed by atoms with Gasteiger partial charge < -0.3 is 4.74 Å². The van der Waals surface area contributed by atoms with Gasteiger partial charge >= 0.3 is 0 Å². The summed E-state index contributed by atoms with van der Waals surface area (Å²) in [5, 5.41) is 6.95. The Labute approximate surface area is 209 Å². The normalized spacial score (nSPS) is 15.0. The van der Waals surface area contributed by atoms with Crippen LogP contribution >= 0.6 is 0 Å². The lowest BCUT2D eigenvalue weighted by atomic mass is 10.0. The number of nitrogens with zero attached hydrogens (tertiary/aromatic N) is 3. The van der Waals surface area contributed by atoms with Crippen molar-refractivity contribution in [2.45, 2.75) is 13.2 Å². The van der Waals surface area contributed by atoms with Crippen LogP contribution in [0.3, 0.4) is 0 Å². The van der Waals surface area contributed by atoms with E-state index in [9.17, 15) is 4.79 Å². The zero-order valence-electron chi connectivity index (χ0n) is 19.7. The molecule has 0 bridgehead atoms. The molecule has 1 aliphatic heterocycles. The Kier molecular flexibility index (Phi) is 5.51. The van der Waals surface area contributed by atoms with Gasteiger partial charge in [-0.25, -0.2) is 4.98 Å². The summed E-state index contributed by atoms with van der Waals surface area (Å²) in [6, 6.07) is 38.1. The first-order chi connectivity index (χ1) is 17.7. The summed E-state index contributed by atoms with van der Waals surface area (Å²) in [5.41, 5.74) is 6.54. The first-order valence-corrected chi connectivity index (χ1v) is 11.8. The minimum Gasteiger partial charge on any atom is -0.446 e. The van der Waals surface area contributed by atoms with E-state index in [1.54, 1.807) is 0 Å². The van der Waals surface area contributed by atoms with Crippen molar-refractivity contribution in [2.24, 2.45) is 5.10 Å². The van der Waals surface area contributed by atoms with Gasteiger partial charge in [0.2, 0.25) is 18.0 Å². The van der Waals surface area contributed by atoms with Crippen LogP contribution in [-0.2, 0) is 9.53 Å². The van der Waals surface area contributed by atoms with Gasteiger partial charge in [0.1, 0.15) is 0 Å². The molecular formula is C31H23N3O2. The van der Waals surface area contributed by atoms with Crippen molar-refractivity contribution in [1.29, 1.82) is 0 Å². The van der Waals surface area contributed by atoms with Gasteiger partial charge in [-0.2, -0.15) is 5.01 Å². The van der Waals surface area contributed by atoms with E-state index in [1.165, 1.54) is 11.9 Å². The Bertz CT molecular complexity index is 1580. The molecule has 0 saturated heterocycles. The van der Waals surface area contributed by atoms with Crippen molar-refractivity contribution in [3.05, 3.63) is 126 Å². The summed E-state index contributed by atoms with van der Waals surface area (Å²) in [6.45, 7) is 1.50. The Morgan fingerprint density at radius 1 is 0.750 bits per heavy atom. The van der Waals surface area contributed by atoms with Gasteiger partial charge in [0, 0.05) is 29.0 Å². The number of benzene rings is 4. The van der Waals surface area contributed by atoms with Crippen molar-refractivity contribution in [3.63, 3.8) is 0 Å². The fraction of sp³-hybridized carbons (Fsp3) is 0.0645. The van der Waals surface area contributed by atoms with Crippen molar-refractivity contribution in [2.75, 3.05) is 0 Å². The number of pyridine rings is 1. The Balaban J connectivity index is 1.40. The van der Waals surface area contributed by atoms with Gasteiger partial charge in [-0.1, -0.05) is 103 Å². The van der Waals surface area contributed by atoms with Crippen molar-refractivity contribution < 1.29 is 9.53 Å². The molecule has 1 atom stereocenters. The summed E-state index contributed by atoms with van der Waals surface area (Å²) in [5.74, 6) is 0.210. The number of hydrogen-bond acceptors (Lipinski definition) is 4. The SMILES string of the molecule is CC(=O)N1N=C(c2cc(-c3ccccc3)nc3ccccc23)O[C@H]1c1ccc(-c2ccccc2)cc1. The highest BCUT2D eigenvalue weighted by Gasteiger charge is 2.34. The average Bonchev–Trinajstić information content (AvgIpc) is 3.39. The number of rotatable bonds is 4. The van der Waals surface area contributed by atoms with Crippen LogP contribution < -0.4 is 0 Å². The van der Waals surface area contributed by atoms with Gasteiger partial charge in [0.15, 0.2) is 0 Å². The third-order valence-electron chi connectivity index (χ3n) is 6.29. The van der Waals surface area contributed by atoms with E-state index in [2.05, 4.69) is 17.2 Å². The number of hydrogen-bond donors (Lipinski definition) is 0. The van der Waals surface area contributed by atoms with E-state index in [1.807, 2.05) is 103 Å². The standard InChI is InChI=1S/C31H23N3O2/c1-21(35)34-31(25-18-16-23(17-19-25)22-10-4-2-5-11-22)36-30(33-34)27-20-29(24-12-6-3-7-13-24)32-28-15-9-8-14-26(27)28/h2-20,31H,1H3/t31-/m0/s1. The summed E-state index contributed by atoms with van der Waals surface area (Å²) in [4.78, 5) is 17.4. The van der Waals surface area contributed by atoms with Crippen molar-refractivity contribution in [1.82, 2.24) is 9.99 Å². The third kappa shape index (κ3) is 4.01. The molecule has 1 aromatic heterocycles. The maximum atomic E-state index is 12.6. The first kappa shape index (κ1) is 21.7. The predicted molar refractivity (Wildman–Crippen MR) is 142 cm³/mol. The molecule has 0 spiro atoms. The van der Waals surface area contributed by atoms with Gasteiger partial charge in [-0.3, -0.25) is 4.79 Å². The topological polar surface area (TPSA) is 54.8 Å². The molecule has 5 heteroatoms. The largest absolute Gasteiger partial charge is 0.446 e. The second kappa shape index (κ2) is 9.12.